The van der Waals surface area contributed by atoms with Crippen LogP contribution in [0, 0.1) is 0 Å². The zero-order valence-corrected chi connectivity index (χ0v) is 13.7. The Morgan fingerprint density at radius 1 is 1.00 bits per heavy atom. The molecule has 0 amide bonds. The van der Waals surface area contributed by atoms with Crippen LogP contribution in [-0.4, -0.2) is 13.1 Å². The van der Waals surface area contributed by atoms with Gasteiger partial charge in [-0.3, -0.25) is 0 Å². The van der Waals surface area contributed by atoms with Gasteiger partial charge in [-0.15, -0.1) is 11.3 Å². The summed E-state index contributed by atoms with van der Waals surface area (Å²) in [4.78, 5) is 3.82. The highest BCUT2D eigenvalue weighted by Crippen LogP contribution is 2.25. The molecule has 0 unspecified atom stereocenters. The van der Waals surface area contributed by atoms with Gasteiger partial charge in [0.2, 0.25) is 0 Å². The van der Waals surface area contributed by atoms with E-state index >= 15 is 0 Å². The van der Waals surface area contributed by atoms with Crippen molar-refractivity contribution in [3.05, 3.63) is 51.2 Å². The van der Waals surface area contributed by atoms with Crippen molar-refractivity contribution in [3.8, 4) is 0 Å². The zero-order chi connectivity index (χ0) is 14.5. The fourth-order valence-corrected chi connectivity index (χ4v) is 3.93. The quantitative estimate of drug-likeness (QED) is 0.860. The summed E-state index contributed by atoms with van der Waals surface area (Å²) in [6.45, 7) is 4.17. The number of para-hydroxylation sites is 1. The van der Waals surface area contributed by atoms with Gasteiger partial charge in [-0.1, -0.05) is 29.8 Å². The van der Waals surface area contributed by atoms with Gasteiger partial charge >= 0.3 is 0 Å². The Hall–Kier alpha value is -1.03. The van der Waals surface area contributed by atoms with Crippen LogP contribution in [0.5, 0.6) is 0 Å². The number of hydrogen-bond donors (Lipinski definition) is 1. The Morgan fingerprint density at radius 2 is 1.81 bits per heavy atom. The number of piperidine rings is 1. The van der Waals surface area contributed by atoms with Crippen molar-refractivity contribution < 1.29 is 0 Å². The highest BCUT2D eigenvalue weighted by molar-refractivity contribution is 7.16. The van der Waals surface area contributed by atoms with Crippen molar-refractivity contribution in [1.29, 1.82) is 0 Å². The maximum atomic E-state index is 5.97. The molecule has 2 aromatic rings. The maximum Gasteiger partial charge on any atom is 0.0931 e. The van der Waals surface area contributed by atoms with Gasteiger partial charge in [0.1, 0.15) is 0 Å². The topological polar surface area (TPSA) is 15.3 Å². The molecule has 4 heteroatoms. The molecule has 1 saturated heterocycles. The van der Waals surface area contributed by atoms with Gasteiger partial charge in [0.25, 0.3) is 0 Å². The number of nitrogens with zero attached hydrogens (tertiary/aromatic N) is 1. The SMILES string of the molecule is Clc1ccc(CNCc2ccccc2N2CCCCC2)s1. The average molecular weight is 321 g/mol. The molecule has 1 N–H and O–H groups in total. The molecular formula is C17H21ClN2S. The second kappa shape index (κ2) is 7.30. The second-order valence-corrected chi connectivity index (χ2v) is 7.29. The number of benzene rings is 1. The van der Waals surface area contributed by atoms with E-state index in [1.807, 2.05) is 6.07 Å². The van der Waals surface area contributed by atoms with Gasteiger partial charge in [-0.05, 0) is 43.0 Å². The van der Waals surface area contributed by atoms with Gasteiger partial charge in [0.05, 0.1) is 4.34 Å². The van der Waals surface area contributed by atoms with Crippen LogP contribution >= 0.6 is 22.9 Å². The van der Waals surface area contributed by atoms with Crippen molar-refractivity contribution in [2.45, 2.75) is 32.4 Å². The lowest BCUT2D eigenvalue weighted by Gasteiger charge is -2.30. The lowest BCUT2D eigenvalue weighted by Crippen LogP contribution is -2.30. The van der Waals surface area contributed by atoms with Gasteiger partial charge in [-0.25, -0.2) is 0 Å². The summed E-state index contributed by atoms with van der Waals surface area (Å²) in [6, 6.07) is 12.8. The Bertz CT molecular complexity index is 576. The third kappa shape index (κ3) is 4.00. The van der Waals surface area contributed by atoms with Crippen LogP contribution in [-0.2, 0) is 13.1 Å². The van der Waals surface area contributed by atoms with Gasteiger partial charge in [0, 0.05) is 36.7 Å². The number of rotatable bonds is 5. The van der Waals surface area contributed by atoms with Gasteiger partial charge < -0.3 is 10.2 Å². The fraction of sp³-hybridized carbons (Fsp3) is 0.412. The predicted molar refractivity (Wildman–Crippen MR) is 92.4 cm³/mol. The van der Waals surface area contributed by atoms with E-state index in [-0.39, 0.29) is 0 Å². The van der Waals surface area contributed by atoms with Crippen molar-refractivity contribution in [3.63, 3.8) is 0 Å². The van der Waals surface area contributed by atoms with E-state index in [0.29, 0.717) is 0 Å². The lowest BCUT2D eigenvalue weighted by molar-refractivity contribution is 0.574. The highest BCUT2D eigenvalue weighted by Gasteiger charge is 2.13. The van der Waals surface area contributed by atoms with Crippen LogP contribution in [0.1, 0.15) is 29.7 Å². The number of halogens is 1. The van der Waals surface area contributed by atoms with Crippen LogP contribution in [0.3, 0.4) is 0 Å². The molecule has 0 aliphatic carbocycles. The van der Waals surface area contributed by atoms with E-state index in [4.69, 9.17) is 11.6 Å². The molecule has 1 aliphatic rings. The average Bonchev–Trinajstić information content (AvgIpc) is 2.94. The van der Waals surface area contributed by atoms with Crippen molar-refractivity contribution in [1.82, 2.24) is 5.32 Å². The molecule has 0 radical (unpaired) electrons. The molecule has 3 rings (SSSR count). The van der Waals surface area contributed by atoms with Gasteiger partial charge in [-0.2, -0.15) is 0 Å². The molecule has 0 spiro atoms. The molecule has 1 fully saturated rings. The molecule has 112 valence electrons. The lowest BCUT2D eigenvalue weighted by atomic mass is 10.1. The largest absolute Gasteiger partial charge is 0.371 e. The molecule has 1 aliphatic heterocycles. The van der Waals surface area contributed by atoms with Crippen LogP contribution in [0.25, 0.3) is 0 Å². The summed E-state index contributed by atoms with van der Waals surface area (Å²) in [6.07, 6.45) is 4.00. The van der Waals surface area contributed by atoms with Crippen molar-refractivity contribution in [2.75, 3.05) is 18.0 Å². The molecule has 1 aromatic heterocycles. The summed E-state index contributed by atoms with van der Waals surface area (Å²) in [7, 11) is 0. The molecule has 0 atom stereocenters. The third-order valence-corrected chi connectivity index (χ3v) is 5.16. The molecule has 2 nitrogen and oxygen atoms in total. The number of anilines is 1. The standard InChI is InChI=1S/C17H21ClN2S/c18-17-9-8-15(21-17)13-19-12-14-6-2-3-7-16(14)20-10-4-1-5-11-20/h2-3,6-9,19H,1,4-5,10-13H2. The fourth-order valence-electron chi connectivity index (χ4n) is 2.87. The van der Waals surface area contributed by atoms with Crippen molar-refractivity contribution in [2.24, 2.45) is 0 Å². The first-order valence-electron chi connectivity index (χ1n) is 7.61. The van der Waals surface area contributed by atoms with Crippen molar-refractivity contribution >= 4 is 28.6 Å². The minimum Gasteiger partial charge on any atom is -0.371 e. The van der Waals surface area contributed by atoms with E-state index < -0.39 is 0 Å². The summed E-state index contributed by atoms with van der Waals surface area (Å²) >= 11 is 7.61. The monoisotopic (exact) mass is 320 g/mol. The smallest absolute Gasteiger partial charge is 0.0931 e. The Morgan fingerprint density at radius 3 is 2.57 bits per heavy atom. The molecule has 0 saturated carbocycles. The predicted octanol–water partition coefficient (Wildman–Crippen LogP) is 4.68. The van der Waals surface area contributed by atoms with E-state index in [2.05, 4.69) is 40.5 Å². The summed E-state index contributed by atoms with van der Waals surface area (Å²) < 4.78 is 0.862. The van der Waals surface area contributed by atoms with E-state index in [1.54, 1.807) is 11.3 Å². The van der Waals surface area contributed by atoms with E-state index in [1.165, 1.54) is 48.5 Å². The highest BCUT2D eigenvalue weighted by atomic mass is 35.5. The van der Waals surface area contributed by atoms with Crippen LogP contribution in [0.4, 0.5) is 5.69 Å². The summed E-state index contributed by atoms with van der Waals surface area (Å²) in [5.41, 5.74) is 2.79. The first kappa shape index (κ1) is 14.9. The molecule has 21 heavy (non-hydrogen) atoms. The Labute approximate surface area is 135 Å². The van der Waals surface area contributed by atoms with Crippen LogP contribution in [0.2, 0.25) is 4.34 Å². The van der Waals surface area contributed by atoms with E-state index in [9.17, 15) is 0 Å². The van der Waals surface area contributed by atoms with Gasteiger partial charge in [0.15, 0.2) is 0 Å². The number of thiophene rings is 1. The Balaban J connectivity index is 1.62. The van der Waals surface area contributed by atoms with Crippen LogP contribution in [0.15, 0.2) is 36.4 Å². The molecule has 2 heterocycles. The first-order chi connectivity index (χ1) is 10.3. The minimum atomic E-state index is 0.862. The van der Waals surface area contributed by atoms with Crippen LogP contribution < -0.4 is 10.2 Å². The Kier molecular flexibility index (Phi) is 5.17. The molecular weight excluding hydrogens is 300 g/mol. The third-order valence-electron chi connectivity index (χ3n) is 3.93. The summed E-state index contributed by atoms with van der Waals surface area (Å²) in [5.74, 6) is 0. The number of hydrogen-bond acceptors (Lipinski definition) is 3. The second-order valence-electron chi connectivity index (χ2n) is 5.49. The summed E-state index contributed by atoms with van der Waals surface area (Å²) in [5, 5.41) is 3.54. The molecule has 1 aromatic carbocycles. The minimum absolute atomic E-state index is 0.862. The van der Waals surface area contributed by atoms with E-state index in [0.717, 1.165) is 17.4 Å². The zero-order valence-electron chi connectivity index (χ0n) is 12.1. The maximum absolute atomic E-state index is 5.97. The number of nitrogens with one attached hydrogen (secondary N) is 1. The first-order valence-corrected chi connectivity index (χ1v) is 8.80. The molecule has 0 bridgehead atoms. The normalized spacial score (nSPS) is 15.4.